The lowest BCUT2D eigenvalue weighted by Gasteiger charge is -2.17. The fraction of sp³-hybridized carbons (Fsp3) is 0.192. The van der Waals surface area contributed by atoms with Crippen molar-refractivity contribution in [1.29, 1.82) is 0 Å². The molecule has 4 aromatic rings. The molecule has 186 valence electrons. The number of para-hydroxylation sites is 2. The molecule has 1 N–H and O–H groups in total. The molecular weight excluding hydrogens is 486 g/mol. The number of nitrogens with zero attached hydrogens (tertiary/aromatic N) is 2. The van der Waals surface area contributed by atoms with Crippen LogP contribution in [0.5, 0.6) is 17.2 Å². The molecule has 1 aromatic heterocycles. The maximum Gasteiger partial charge on any atom is 0.332 e. The van der Waals surface area contributed by atoms with Crippen molar-refractivity contribution in [1.82, 2.24) is 9.13 Å². The molecule has 10 heteroatoms. The van der Waals surface area contributed by atoms with Gasteiger partial charge in [0.05, 0.1) is 44.5 Å². The first kappa shape index (κ1) is 24.9. The van der Waals surface area contributed by atoms with Gasteiger partial charge in [-0.2, -0.15) is 0 Å². The quantitative estimate of drug-likeness (QED) is 0.390. The fourth-order valence-corrected chi connectivity index (χ4v) is 4.11. The number of benzene rings is 3. The second kappa shape index (κ2) is 10.6. The largest absolute Gasteiger partial charge is 0.495 e. The van der Waals surface area contributed by atoms with E-state index in [9.17, 15) is 14.4 Å². The Hall–Kier alpha value is -4.24. The Balaban J connectivity index is 1.87. The molecule has 0 aliphatic carbocycles. The Kier molecular flexibility index (Phi) is 7.30. The normalized spacial score (nSPS) is 10.8. The first-order valence-corrected chi connectivity index (χ1v) is 11.3. The molecule has 0 saturated carbocycles. The smallest absolute Gasteiger partial charge is 0.332 e. The van der Waals surface area contributed by atoms with Gasteiger partial charge in [0.15, 0.2) is 11.5 Å². The summed E-state index contributed by atoms with van der Waals surface area (Å²) in [4.78, 5) is 40.1. The Labute approximate surface area is 211 Å². The highest BCUT2D eigenvalue weighted by molar-refractivity contribution is 6.31. The summed E-state index contributed by atoms with van der Waals surface area (Å²) in [5, 5.41) is 3.36. The maximum atomic E-state index is 13.6. The number of aromatic nitrogens is 2. The molecule has 0 aliphatic rings. The monoisotopic (exact) mass is 509 g/mol. The van der Waals surface area contributed by atoms with Crippen LogP contribution in [0.4, 0.5) is 5.69 Å². The van der Waals surface area contributed by atoms with Crippen molar-refractivity contribution in [2.45, 2.75) is 13.1 Å². The average molecular weight is 510 g/mol. The Morgan fingerprint density at radius 1 is 0.861 bits per heavy atom. The van der Waals surface area contributed by atoms with Gasteiger partial charge < -0.3 is 19.5 Å². The van der Waals surface area contributed by atoms with Gasteiger partial charge in [-0.15, -0.1) is 0 Å². The molecule has 0 aliphatic heterocycles. The number of ether oxygens (including phenoxy) is 3. The van der Waals surface area contributed by atoms with E-state index in [4.69, 9.17) is 25.8 Å². The number of fused-ring (bicyclic) bond motifs is 1. The number of hydrogen-bond donors (Lipinski definition) is 1. The summed E-state index contributed by atoms with van der Waals surface area (Å²) >= 11 is 6.29. The van der Waals surface area contributed by atoms with Gasteiger partial charge in [0.1, 0.15) is 12.3 Å². The van der Waals surface area contributed by atoms with Crippen molar-refractivity contribution in [3.05, 3.63) is 92.1 Å². The van der Waals surface area contributed by atoms with Crippen molar-refractivity contribution in [3.63, 3.8) is 0 Å². The van der Waals surface area contributed by atoms with Gasteiger partial charge in [-0.05, 0) is 29.8 Å². The molecule has 0 atom stereocenters. The molecule has 0 bridgehead atoms. The maximum absolute atomic E-state index is 13.6. The van der Waals surface area contributed by atoms with Gasteiger partial charge in [-0.3, -0.25) is 18.7 Å². The van der Waals surface area contributed by atoms with E-state index in [0.29, 0.717) is 33.5 Å². The lowest BCUT2D eigenvalue weighted by atomic mass is 10.2. The summed E-state index contributed by atoms with van der Waals surface area (Å²) < 4.78 is 18.3. The molecule has 0 saturated heterocycles. The number of halogens is 1. The summed E-state index contributed by atoms with van der Waals surface area (Å²) in [5.41, 5.74) is 0.0505. The van der Waals surface area contributed by atoms with Crippen molar-refractivity contribution in [2.75, 3.05) is 26.6 Å². The van der Waals surface area contributed by atoms with Gasteiger partial charge in [-0.1, -0.05) is 41.9 Å². The van der Waals surface area contributed by atoms with E-state index < -0.39 is 17.2 Å². The summed E-state index contributed by atoms with van der Waals surface area (Å²) in [6.07, 6.45) is 0. The lowest BCUT2D eigenvalue weighted by molar-refractivity contribution is -0.116. The molecule has 1 heterocycles. The molecule has 4 rings (SSSR count). The van der Waals surface area contributed by atoms with Crippen molar-refractivity contribution >= 4 is 34.1 Å². The summed E-state index contributed by atoms with van der Waals surface area (Å²) in [5.74, 6) is 0.611. The number of methoxy groups -OCH3 is 3. The number of nitrogens with one attached hydrogen (secondary N) is 1. The molecule has 9 nitrogen and oxygen atoms in total. The van der Waals surface area contributed by atoms with Crippen LogP contribution in [0.15, 0.2) is 70.3 Å². The van der Waals surface area contributed by atoms with Crippen LogP contribution in [0.1, 0.15) is 5.56 Å². The van der Waals surface area contributed by atoms with Crippen LogP contribution in [-0.4, -0.2) is 36.4 Å². The second-order valence-electron chi connectivity index (χ2n) is 7.82. The zero-order chi connectivity index (χ0) is 25.8. The Bertz CT molecular complexity index is 1560. The van der Waals surface area contributed by atoms with Gasteiger partial charge in [0.2, 0.25) is 5.91 Å². The van der Waals surface area contributed by atoms with E-state index in [0.717, 1.165) is 4.57 Å². The van der Waals surface area contributed by atoms with Crippen LogP contribution in [0.25, 0.3) is 10.9 Å². The molecule has 1 amide bonds. The predicted octanol–water partition coefficient (Wildman–Crippen LogP) is 3.53. The predicted molar refractivity (Wildman–Crippen MR) is 138 cm³/mol. The zero-order valence-corrected chi connectivity index (χ0v) is 20.7. The standard InChI is InChI=1S/C26H24ClN3O6/c1-34-21-11-7-6-10-19(21)28-24(31)15-29-20-13-23(36-3)22(35-2)12-17(20)25(32)30(26(29)33)14-16-8-4-5-9-18(16)27/h4-13H,14-15H2,1-3H3,(H,28,31). The minimum Gasteiger partial charge on any atom is -0.495 e. The zero-order valence-electron chi connectivity index (χ0n) is 19.9. The number of hydrogen-bond acceptors (Lipinski definition) is 6. The molecule has 0 unspecified atom stereocenters. The van der Waals surface area contributed by atoms with Crippen molar-refractivity contribution in [2.24, 2.45) is 0 Å². The van der Waals surface area contributed by atoms with E-state index in [2.05, 4.69) is 5.32 Å². The fourth-order valence-electron chi connectivity index (χ4n) is 3.91. The number of rotatable bonds is 8. The highest BCUT2D eigenvalue weighted by atomic mass is 35.5. The van der Waals surface area contributed by atoms with E-state index in [1.807, 2.05) is 0 Å². The van der Waals surface area contributed by atoms with Crippen LogP contribution in [0.3, 0.4) is 0 Å². The van der Waals surface area contributed by atoms with Gasteiger partial charge in [-0.25, -0.2) is 4.79 Å². The lowest BCUT2D eigenvalue weighted by Crippen LogP contribution is -2.42. The highest BCUT2D eigenvalue weighted by Gasteiger charge is 2.20. The number of carbonyl (C=O) groups excluding carboxylic acids is 1. The summed E-state index contributed by atoms with van der Waals surface area (Å²) in [6, 6.07) is 16.8. The van der Waals surface area contributed by atoms with Crippen LogP contribution in [-0.2, 0) is 17.9 Å². The van der Waals surface area contributed by atoms with Crippen LogP contribution >= 0.6 is 11.6 Å². The summed E-state index contributed by atoms with van der Waals surface area (Å²) in [6.45, 7) is -0.443. The third-order valence-electron chi connectivity index (χ3n) is 5.70. The number of carbonyl (C=O) groups is 1. The van der Waals surface area contributed by atoms with E-state index in [-0.39, 0.29) is 24.0 Å². The minimum absolute atomic E-state index is 0.0737. The van der Waals surface area contributed by atoms with Crippen molar-refractivity contribution in [3.8, 4) is 17.2 Å². The van der Waals surface area contributed by atoms with Crippen molar-refractivity contribution < 1.29 is 19.0 Å². The van der Waals surface area contributed by atoms with E-state index >= 15 is 0 Å². The Morgan fingerprint density at radius 3 is 2.19 bits per heavy atom. The molecule has 3 aromatic carbocycles. The Morgan fingerprint density at radius 2 is 1.50 bits per heavy atom. The average Bonchev–Trinajstić information content (AvgIpc) is 2.89. The topological polar surface area (TPSA) is 101 Å². The van der Waals surface area contributed by atoms with Crippen LogP contribution in [0.2, 0.25) is 5.02 Å². The first-order chi connectivity index (χ1) is 17.4. The van der Waals surface area contributed by atoms with E-state index in [1.165, 1.54) is 38.0 Å². The van der Waals surface area contributed by atoms with Gasteiger partial charge in [0.25, 0.3) is 5.56 Å². The molecule has 0 radical (unpaired) electrons. The van der Waals surface area contributed by atoms with Gasteiger partial charge in [0, 0.05) is 11.1 Å². The first-order valence-electron chi connectivity index (χ1n) is 10.9. The highest BCUT2D eigenvalue weighted by Crippen LogP contribution is 2.30. The van der Waals surface area contributed by atoms with Crippen LogP contribution in [0, 0.1) is 0 Å². The van der Waals surface area contributed by atoms with Gasteiger partial charge >= 0.3 is 5.69 Å². The molecular formula is C26H24ClN3O6. The van der Waals surface area contributed by atoms with Crippen LogP contribution < -0.4 is 30.8 Å². The number of amides is 1. The molecule has 36 heavy (non-hydrogen) atoms. The SMILES string of the molecule is COc1ccccc1NC(=O)Cn1c(=O)n(Cc2ccccc2Cl)c(=O)c2cc(OC)c(OC)cc21. The molecule has 0 fully saturated rings. The van der Waals surface area contributed by atoms with E-state index in [1.54, 1.807) is 48.5 Å². The summed E-state index contributed by atoms with van der Waals surface area (Å²) in [7, 11) is 4.38. The number of anilines is 1. The minimum atomic E-state index is -0.671. The third-order valence-corrected chi connectivity index (χ3v) is 6.07. The third kappa shape index (κ3) is 4.78. The molecule has 0 spiro atoms. The second-order valence-corrected chi connectivity index (χ2v) is 8.23.